The Morgan fingerprint density at radius 3 is 1.75 bits per heavy atom. The number of carbonyl (C=O) groups is 3. The first-order chi connectivity index (χ1) is 60.9. The van der Waals surface area contributed by atoms with E-state index in [-0.39, 0.29) is 148 Å². The van der Waals surface area contributed by atoms with Gasteiger partial charge in [0, 0.05) is 139 Å². The van der Waals surface area contributed by atoms with Gasteiger partial charge in [-0.3, -0.25) is 29.0 Å². The fourth-order valence-corrected chi connectivity index (χ4v) is 15.7. The topological polar surface area (TPSA) is 473 Å². The third kappa shape index (κ3) is 26.1. The molecule has 1 atom stereocenters. The maximum atomic E-state index is 12.4. The minimum atomic E-state index is -0.889. The van der Waals surface area contributed by atoms with Crippen LogP contribution in [0.3, 0.4) is 0 Å². The van der Waals surface area contributed by atoms with Crippen molar-refractivity contribution in [3.05, 3.63) is 250 Å². The number of ether oxygens (including phenoxy) is 3. The number of carboxylic acid groups (broad SMARTS) is 2. The van der Waals surface area contributed by atoms with Crippen molar-refractivity contribution in [2.75, 3.05) is 83.1 Å². The summed E-state index contributed by atoms with van der Waals surface area (Å²) in [7, 11) is 4.83. The molecule has 13 N–H and O–H groups in total. The maximum absolute atomic E-state index is 12.4. The van der Waals surface area contributed by atoms with Gasteiger partial charge in [0.1, 0.15) is 11.6 Å². The van der Waals surface area contributed by atoms with Gasteiger partial charge in [-0.25, -0.2) is 19.9 Å². The number of nitrogens with zero attached hydrogens (tertiary/aromatic N) is 13. The zero-order valence-corrected chi connectivity index (χ0v) is 83.8. The Balaban J connectivity index is 0.000000307. The number of hydrogen-bond acceptors (Lipinski definition) is 22. The number of allylic oxidation sites excluding steroid dienone is 4. The number of amides is 1. The van der Waals surface area contributed by atoms with E-state index in [0.717, 1.165) is 159 Å². The van der Waals surface area contributed by atoms with Gasteiger partial charge in [-0.2, -0.15) is 10.2 Å². The van der Waals surface area contributed by atoms with Crippen molar-refractivity contribution in [2.24, 2.45) is 0 Å². The van der Waals surface area contributed by atoms with Crippen molar-refractivity contribution < 1.29 is 128 Å². The molecule has 17 rings (SSSR count). The molecular formula is C97H107Cl4N17Na2O14+2. The molecule has 692 valence electrons. The number of pyridine rings is 3. The van der Waals surface area contributed by atoms with Gasteiger partial charge in [0.15, 0.2) is 23.3 Å². The zero-order valence-electron chi connectivity index (χ0n) is 76.6. The molecule has 9 aromatic heterocycles. The number of anilines is 3. The van der Waals surface area contributed by atoms with Gasteiger partial charge in [-0.15, -0.1) is 37.2 Å². The van der Waals surface area contributed by atoms with E-state index in [1.165, 1.54) is 12.7 Å². The minimum Gasteiger partial charge on any atom is -0.497 e. The van der Waals surface area contributed by atoms with E-state index in [4.69, 9.17) is 56.2 Å². The zero-order chi connectivity index (χ0) is 89.4. The molecule has 0 spiro atoms. The number of rotatable bonds is 22. The second kappa shape index (κ2) is 52.0. The minimum absolute atomic E-state index is 0. The van der Waals surface area contributed by atoms with Crippen LogP contribution in [0.1, 0.15) is 134 Å². The third-order valence-corrected chi connectivity index (χ3v) is 22.7. The fraction of sp³-hybridized carbons (Fsp3) is 0.247. The van der Waals surface area contributed by atoms with Crippen LogP contribution in [0, 0.1) is 30.4 Å². The Labute approximate surface area is 842 Å². The quantitative estimate of drug-likeness (QED) is 0.0159. The fourth-order valence-electron chi connectivity index (χ4n) is 15.5. The predicted octanol–water partition coefficient (Wildman–Crippen LogP) is 12.0. The number of nitrogen functional groups attached to an aromatic ring is 1. The van der Waals surface area contributed by atoms with Gasteiger partial charge in [0.25, 0.3) is 11.6 Å². The van der Waals surface area contributed by atoms with E-state index in [9.17, 15) is 29.8 Å². The van der Waals surface area contributed by atoms with Gasteiger partial charge in [-0.05, 0) is 209 Å². The summed E-state index contributed by atoms with van der Waals surface area (Å²) in [6.45, 7) is 28.4. The number of nitrogens with one attached hydrogen (secondary N) is 3. The van der Waals surface area contributed by atoms with E-state index >= 15 is 0 Å². The van der Waals surface area contributed by atoms with Crippen LogP contribution in [-0.4, -0.2) is 177 Å². The van der Waals surface area contributed by atoms with Crippen LogP contribution in [-0.2, 0) is 9.59 Å². The molecule has 1 fully saturated rings. The summed E-state index contributed by atoms with van der Waals surface area (Å²) in [5, 5.41) is 51.6. The normalized spacial score (nSPS) is 11.9. The molecule has 3 aliphatic heterocycles. The third-order valence-electron chi connectivity index (χ3n) is 22.5. The summed E-state index contributed by atoms with van der Waals surface area (Å²) >= 11 is 6.22. The number of hydrogen-bond donors (Lipinski definition) is 6. The van der Waals surface area contributed by atoms with E-state index in [2.05, 4.69) is 126 Å². The molecule has 3 aliphatic rings. The Morgan fingerprint density at radius 2 is 1.21 bits per heavy atom. The summed E-state index contributed by atoms with van der Waals surface area (Å²) in [6.07, 6.45) is 11.6. The number of nitriles is 1. The number of aliphatic carboxylic acids is 2. The number of halogens is 4. The maximum Gasteiger partial charge on any atom is 1.00 e. The molecule has 1 amide bonds. The number of carbonyl (C=O) groups excluding carboxylic acids is 1. The molecule has 1 saturated heterocycles. The number of H-pyrrole nitrogens is 2. The number of methoxy groups -OCH3 is 3. The number of benzene rings is 5. The molecule has 12 heterocycles. The van der Waals surface area contributed by atoms with Crippen LogP contribution < -0.4 is 94.2 Å². The molecule has 37 heteroatoms. The summed E-state index contributed by atoms with van der Waals surface area (Å²) < 4.78 is 25.6. The molecular weight excluding hydrogens is 1810 g/mol. The van der Waals surface area contributed by atoms with Crippen molar-refractivity contribution in [3.63, 3.8) is 0 Å². The summed E-state index contributed by atoms with van der Waals surface area (Å²) in [5.41, 5.74) is 26.3. The second-order valence-corrected chi connectivity index (χ2v) is 30.6. The number of furan rings is 1. The predicted molar refractivity (Wildman–Crippen MR) is 529 cm³/mol. The van der Waals surface area contributed by atoms with Crippen LogP contribution in [0.2, 0.25) is 5.02 Å². The van der Waals surface area contributed by atoms with Crippen molar-refractivity contribution in [1.29, 1.82) is 5.26 Å². The van der Waals surface area contributed by atoms with E-state index in [1.807, 2.05) is 105 Å². The Morgan fingerprint density at radius 1 is 0.649 bits per heavy atom. The number of carboxylic acids is 2. The summed E-state index contributed by atoms with van der Waals surface area (Å²) in [4.78, 5) is 81.3. The molecule has 5 aromatic carbocycles. The van der Waals surface area contributed by atoms with Crippen LogP contribution in [0.15, 0.2) is 193 Å². The number of aromatic nitrogens is 11. The SMILES string of the molecule is C=Cc1c(C)c2cc3[nH]c(cc4nc(cc5nc(cc1[nH]2)C(C)=C5CCC(=O)O)C(CCC(=O)O)=C4C)c(C)c3C=C.CCN(CC)CCCC(C)Nc1c2ccc(Cl)cc2nc2ccc(OC)cc12.COc1cc2nc(N3CCN(C(=O)c4ccco4)CC3)nc(N)c2cc1OC.Cl.Cl.Cl.N#Cc1c(-c2ccccc2)no[n+]1[O-].O.O.O.[Na+].[Na+].c1cnc2c(c1)ccc1cccnc12. The van der Waals surface area contributed by atoms with Crippen LogP contribution in [0.5, 0.6) is 17.2 Å². The number of aryl methyl sites for hydroxylation is 2. The van der Waals surface area contributed by atoms with Gasteiger partial charge in [0.2, 0.25) is 5.95 Å². The number of fused-ring (bicyclic) bond motifs is 14. The first-order valence-electron chi connectivity index (χ1n) is 41.3. The molecule has 31 nitrogen and oxygen atoms in total. The number of aromatic amines is 2. The second-order valence-electron chi connectivity index (χ2n) is 30.2. The Hall–Kier alpha value is -12.1. The van der Waals surface area contributed by atoms with Crippen LogP contribution in [0.25, 0.3) is 122 Å². The Bertz CT molecular complexity index is 6710. The smallest absolute Gasteiger partial charge is 0.497 e. The first kappa shape index (κ1) is 112. The van der Waals surface area contributed by atoms with E-state index in [0.29, 0.717) is 107 Å². The monoisotopic (exact) mass is 1920 g/mol. The molecule has 0 saturated carbocycles. The van der Waals surface area contributed by atoms with Crippen LogP contribution >= 0.6 is 48.8 Å². The molecule has 14 aromatic rings. The molecule has 1 unspecified atom stereocenters. The van der Waals surface area contributed by atoms with Crippen molar-refractivity contribution in [2.45, 2.75) is 93.0 Å². The number of piperazine rings is 1. The average molecular weight is 1920 g/mol. The average Bonchev–Trinajstić information content (AvgIpc) is 1.74. The first-order valence-corrected chi connectivity index (χ1v) is 41.6. The Kier molecular flexibility index (Phi) is 43.6. The van der Waals surface area contributed by atoms with Crippen molar-refractivity contribution in [1.82, 2.24) is 59.8 Å². The molecule has 134 heavy (non-hydrogen) atoms. The summed E-state index contributed by atoms with van der Waals surface area (Å²) in [6, 6.07) is 49.9. The van der Waals surface area contributed by atoms with Gasteiger partial charge >= 0.3 is 76.7 Å². The van der Waals surface area contributed by atoms with Gasteiger partial charge in [-0.1, -0.05) is 105 Å². The summed E-state index contributed by atoms with van der Waals surface area (Å²) in [5.74, 6) is 1.34. The van der Waals surface area contributed by atoms with Crippen molar-refractivity contribution >= 4 is 195 Å². The molecule has 0 aliphatic carbocycles. The number of nitrogens with two attached hydrogens (primary N) is 1. The van der Waals surface area contributed by atoms with E-state index in [1.54, 1.807) is 93.2 Å². The van der Waals surface area contributed by atoms with Crippen molar-refractivity contribution in [3.8, 4) is 34.6 Å². The standard InChI is InChI=1S/C34H34N4O4.C23H30ClN3O.C19H21N5O4.C12H8N2.C9H5N3O2.3ClH.2Na.3H2O/c1-7-21-17(3)25-13-26-19(5)23(9-11-33(39)40)31(37-26)16-32-24(10-12-34(41)42)20(6)28(38-32)15-30-22(8-2)18(4)27(36-30)14-29(21)35-25;1-5-27(6-2)13-7-8-16(3)25-23-19-11-9-17(24)14-22(19)26-21-12-10-18(28-4)15-20(21)23;1-26-15-10-12-13(11-16(15)27-2)21-19(22-17(12)20)24-7-5-23(6-8-24)18(25)14-4-3-9-28-14;1-3-9-5-6-10-4-2-8-14-12(10)11(9)13-7-1;10-6-8-9(11-14-12(8)13)7-4-2-1-3-5-7;;;;;;;;/h7-8,13-16,35-36H,1-2,9-12H2,3-6H3,(H,39,40)(H,41,42);9-12,14-16H,5-8,13H2,1-4H3,(H,25,26);3-4,9-11H,5-8H2,1-2H3,(H2,20,21,22);1-8H;1-5H;3*1H;;;3*1H2/q;;;;;;;;2*+1;;;. The van der Waals surface area contributed by atoms with Gasteiger partial charge < -0.3 is 86.2 Å². The van der Waals surface area contributed by atoms with Crippen LogP contribution in [0.4, 0.5) is 17.5 Å². The molecule has 0 radical (unpaired) electrons. The largest absolute Gasteiger partial charge is 1.00 e. The van der Waals surface area contributed by atoms with Gasteiger partial charge in [0.05, 0.1) is 83.6 Å². The molecule has 8 bridgehead atoms. The van der Waals surface area contributed by atoms with E-state index < -0.39 is 11.9 Å².